The zero-order valence-electron chi connectivity index (χ0n) is 8.41. The average molecular weight is 231 g/mol. The Morgan fingerprint density at radius 1 is 1.40 bits per heavy atom. The molecule has 2 nitrogen and oxygen atoms in total. The van der Waals surface area contributed by atoms with Gasteiger partial charge >= 0.3 is 0 Å². The molecular weight excluding hydrogens is 220 g/mol. The summed E-state index contributed by atoms with van der Waals surface area (Å²) in [6.07, 6.45) is -2.50. The lowest BCUT2D eigenvalue weighted by Crippen LogP contribution is -2.24. The van der Waals surface area contributed by atoms with E-state index in [2.05, 4.69) is 0 Å². The van der Waals surface area contributed by atoms with E-state index < -0.39 is 6.43 Å². The van der Waals surface area contributed by atoms with E-state index in [1.807, 2.05) is 0 Å². The van der Waals surface area contributed by atoms with Gasteiger partial charge in [0, 0.05) is 19.7 Å². The summed E-state index contributed by atoms with van der Waals surface area (Å²) in [4.78, 5) is 1.59. The highest BCUT2D eigenvalue weighted by Gasteiger charge is 2.09. The van der Waals surface area contributed by atoms with Crippen molar-refractivity contribution in [2.45, 2.75) is 6.43 Å². The van der Waals surface area contributed by atoms with Crippen LogP contribution in [0.3, 0.4) is 0 Å². The molecule has 0 bridgehead atoms. The van der Waals surface area contributed by atoms with Crippen LogP contribution in [0.25, 0.3) is 0 Å². The van der Waals surface area contributed by atoms with Crippen molar-refractivity contribution in [3.63, 3.8) is 0 Å². The predicted molar refractivity (Wildman–Crippen MR) is 58.3 cm³/mol. The molecule has 0 saturated heterocycles. The van der Waals surface area contributed by atoms with E-state index >= 15 is 0 Å². The Morgan fingerprint density at radius 3 is 2.60 bits per heavy atom. The normalized spacial score (nSPS) is 10.2. The van der Waals surface area contributed by atoms with Crippen LogP contribution in [0.2, 0.25) is 0 Å². The van der Waals surface area contributed by atoms with Crippen LogP contribution in [0.5, 0.6) is 5.75 Å². The van der Waals surface area contributed by atoms with Gasteiger partial charge in [0.15, 0.2) is 0 Å². The summed E-state index contributed by atoms with van der Waals surface area (Å²) < 4.78 is 29.9. The Hall–Kier alpha value is -1.23. The quantitative estimate of drug-likeness (QED) is 0.726. The lowest BCUT2D eigenvalue weighted by atomic mass is 10.2. The summed E-state index contributed by atoms with van der Waals surface area (Å²) in [7, 11) is 3.44. The molecule has 0 aliphatic rings. The number of nitrogens with zero attached hydrogens (tertiary/aromatic N) is 1. The summed E-state index contributed by atoms with van der Waals surface area (Å²) >= 11 is 4.89. The number of ether oxygens (including phenoxy) is 1. The van der Waals surface area contributed by atoms with Crippen LogP contribution in [0.1, 0.15) is 12.0 Å². The van der Waals surface area contributed by atoms with Gasteiger partial charge in [-0.05, 0) is 24.4 Å². The van der Waals surface area contributed by atoms with Gasteiger partial charge in [0.25, 0.3) is 11.6 Å². The van der Waals surface area contributed by atoms with Crippen LogP contribution >= 0.6 is 12.2 Å². The molecule has 0 fully saturated rings. The Balaban J connectivity index is 2.78. The molecule has 0 aliphatic carbocycles. The minimum atomic E-state index is -2.50. The Morgan fingerprint density at radius 2 is 2.07 bits per heavy atom. The van der Waals surface area contributed by atoms with Gasteiger partial charge < -0.3 is 9.64 Å². The minimum Gasteiger partial charge on any atom is -0.432 e. The first-order chi connectivity index (χ1) is 7.00. The molecule has 0 saturated carbocycles. The molecule has 15 heavy (non-hydrogen) atoms. The van der Waals surface area contributed by atoms with E-state index in [1.165, 1.54) is 18.2 Å². The molecule has 1 aromatic carbocycles. The maximum absolute atomic E-state index is 12.3. The zero-order chi connectivity index (χ0) is 11.4. The molecule has 5 heteroatoms. The van der Waals surface area contributed by atoms with Crippen LogP contribution in [0, 0.1) is 0 Å². The summed E-state index contributed by atoms with van der Waals surface area (Å²) in [5, 5.41) is 0.237. The molecule has 0 spiro atoms. The second-order valence-corrected chi connectivity index (χ2v) is 3.48. The van der Waals surface area contributed by atoms with Crippen molar-refractivity contribution < 1.29 is 13.5 Å². The number of hydrogen-bond acceptors (Lipinski definition) is 2. The van der Waals surface area contributed by atoms with Crippen LogP contribution < -0.4 is 4.74 Å². The number of rotatable bonds is 2. The second-order valence-electron chi connectivity index (χ2n) is 3.14. The highest BCUT2D eigenvalue weighted by molar-refractivity contribution is 7.80. The van der Waals surface area contributed by atoms with Gasteiger partial charge in [-0.1, -0.05) is 12.1 Å². The molecule has 0 aromatic heterocycles. The summed E-state index contributed by atoms with van der Waals surface area (Å²) in [5.74, 6) is 0.325. The molecule has 0 heterocycles. The van der Waals surface area contributed by atoms with Crippen molar-refractivity contribution in [3.05, 3.63) is 29.8 Å². The molecule has 0 aliphatic heterocycles. The van der Waals surface area contributed by atoms with Gasteiger partial charge in [-0.25, -0.2) is 8.78 Å². The van der Waals surface area contributed by atoms with Gasteiger partial charge in [-0.3, -0.25) is 0 Å². The number of hydrogen-bond donors (Lipinski definition) is 0. The maximum Gasteiger partial charge on any atom is 0.264 e. The van der Waals surface area contributed by atoms with E-state index in [4.69, 9.17) is 17.0 Å². The maximum atomic E-state index is 12.3. The molecule has 0 N–H and O–H groups in total. The lowest BCUT2D eigenvalue weighted by molar-refractivity contribution is 0.151. The van der Waals surface area contributed by atoms with E-state index in [-0.39, 0.29) is 10.7 Å². The van der Waals surface area contributed by atoms with Crippen LogP contribution in [-0.4, -0.2) is 24.2 Å². The summed E-state index contributed by atoms with van der Waals surface area (Å²) in [6, 6.07) is 5.72. The lowest BCUT2D eigenvalue weighted by Gasteiger charge is -2.14. The number of alkyl halides is 2. The molecular formula is C10H11F2NOS. The monoisotopic (exact) mass is 231 g/mol. The number of benzene rings is 1. The second kappa shape index (κ2) is 5.02. The zero-order valence-corrected chi connectivity index (χ0v) is 9.22. The average Bonchev–Trinajstić information content (AvgIpc) is 2.18. The van der Waals surface area contributed by atoms with Crippen molar-refractivity contribution >= 4 is 17.4 Å². The third-order valence-corrected chi connectivity index (χ3v) is 2.13. The summed E-state index contributed by atoms with van der Waals surface area (Å²) in [6.45, 7) is 0. The Bertz CT molecular complexity index is 355. The standard InChI is InChI=1S/C10H11F2NOS/c1-13(2)10(15)14-8-5-3-4-7(6-8)9(11)12/h3-6,9H,1-2H3. The van der Waals surface area contributed by atoms with E-state index in [0.29, 0.717) is 5.75 Å². The molecule has 1 aromatic rings. The third-order valence-electron chi connectivity index (χ3n) is 1.68. The third kappa shape index (κ3) is 3.43. The van der Waals surface area contributed by atoms with E-state index in [1.54, 1.807) is 25.1 Å². The van der Waals surface area contributed by atoms with Crippen molar-refractivity contribution in [1.82, 2.24) is 4.90 Å². The number of thiocarbonyl (C=S) groups is 1. The van der Waals surface area contributed by atoms with Gasteiger partial charge in [-0.15, -0.1) is 0 Å². The molecule has 1 rings (SSSR count). The van der Waals surface area contributed by atoms with Crippen LogP contribution in [0.4, 0.5) is 8.78 Å². The Labute approximate surface area is 92.5 Å². The largest absolute Gasteiger partial charge is 0.432 e. The van der Waals surface area contributed by atoms with E-state index in [0.717, 1.165) is 0 Å². The molecule has 0 radical (unpaired) electrons. The molecule has 0 amide bonds. The molecule has 0 unspecified atom stereocenters. The first-order valence-electron chi connectivity index (χ1n) is 4.28. The van der Waals surface area contributed by atoms with Gasteiger partial charge in [0.2, 0.25) is 0 Å². The molecule has 82 valence electrons. The fourth-order valence-electron chi connectivity index (χ4n) is 0.906. The van der Waals surface area contributed by atoms with Crippen molar-refractivity contribution in [1.29, 1.82) is 0 Å². The van der Waals surface area contributed by atoms with Crippen LogP contribution in [0.15, 0.2) is 24.3 Å². The fraction of sp³-hybridized carbons (Fsp3) is 0.300. The fourth-order valence-corrected chi connectivity index (χ4v) is 1.00. The van der Waals surface area contributed by atoms with Crippen molar-refractivity contribution in [3.8, 4) is 5.75 Å². The van der Waals surface area contributed by atoms with Crippen molar-refractivity contribution in [2.24, 2.45) is 0 Å². The topological polar surface area (TPSA) is 12.5 Å². The first-order valence-corrected chi connectivity index (χ1v) is 4.69. The smallest absolute Gasteiger partial charge is 0.264 e. The Kier molecular flexibility index (Phi) is 3.96. The number of halogens is 2. The van der Waals surface area contributed by atoms with Gasteiger partial charge in [0.05, 0.1) is 0 Å². The van der Waals surface area contributed by atoms with E-state index in [9.17, 15) is 8.78 Å². The summed E-state index contributed by atoms with van der Waals surface area (Å²) in [5.41, 5.74) is -0.0749. The van der Waals surface area contributed by atoms with Crippen molar-refractivity contribution in [2.75, 3.05) is 14.1 Å². The highest BCUT2D eigenvalue weighted by atomic mass is 32.1. The van der Waals surface area contributed by atoms with Crippen LogP contribution in [-0.2, 0) is 0 Å². The SMILES string of the molecule is CN(C)C(=S)Oc1cccc(C(F)F)c1. The predicted octanol–water partition coefficient (Wildman–Crippen LogP) is 2.85. The molecule has 0 atom stereocenters. The highest BCUT2D eigenvalue weighted by Crippen LogP contribution is 2.23. The minimum absolute atomic E-state index is 0.0749. The van der Waals surface area contributed by atoms with Gasteiger partial charge in [-0.2, -0.15) is 0 Å². The first kappa shape index (κ1) is 11.8. The van der Waals surface area contributed by atoms with Gasteiger partial charge in [0.1, 0.15) is 5.75 Å².